The van der Waals surface area contributed by atoms with Crippen molar-refractivity contribution in [3.05, 3.63) is 70.2 Å². The highest BCUT2D eigenvalue weighted by Gasteiger charge is 2.16. The minimum absolute atomic E-state index is 0.191. The fourth-order valence-electron chi connectivity index (χ4n) is 2.29. The topological polar surface area (TPSA) is 58.2 Å². The summed E-state index contributed by atoms with van der Waals surface area (Å²) in [4.78, 5) is 24.5. The van der Waals surface area contributed by atoms with Gasteiger partial charge in [0.25, 0.3) is 11.8 Å². The molecule has 0 atom stereocenters. The fraction of sp³-hybridized carbons (Fsp3) is 0.300. The van der Waals surface area contributed by atoms with Crippen molar-refractivity contribution in [2.75, 3.05) is 6.54 Å². The molecule has 5 heteroatoms. The molecule has 0 aliphatic rings. The number of hydrogen-bond acceptors (Lipinski definition) is 2. The molecule has 0 saturated heterocycles. The molecule has 0 spiro atoms. The zero-order chi connectivity index (χ0) is 18.4. The predicted molar refractivity (Wildman–Crippen MR) is 101 cm³/mol. The molecule has 25 heavy (non-hydrogen) atoms. The lowest BCUT2D eigenvalue weighted by Gasteiger charge is -2.20. The van der Waals surface area contributed by atoms with E-state index >= 15 is 0 Å². The van der Waals surface area contributed by atoms with Crippen molar-refractivity contribution >= 4 is 23.4 Å². The monoisotopic (exact) mass is 358 g/mol. The maximum atomic E-state index is 12.3. The fourth-order valence-corrected chi connectivity index (χ4v) is 2.41. The van der Waals surface area contributed by atoms with Crippen molar-refractivity contribution in [1.82, 2.24) is 10.6 Å². The van der Waals surface area contributed by atoms with Gasteiger partial charge in [-0.3, -0.25) is 9.59 Å². The second kappa shape index (κ2) is 8.17. The molecule has 132 valence electrons. The van der Waals surface area contributed by atoms with Gasteiger partial charge in [-0.05, 0) is 63.1 Å². The molecular weight excluding hydrogens is 336 g/mol. The summed E-state index contributed by atoms with van der Waals surface area (Å²) in [5.74, 6) is -0.386. The zero-order valence-electron chi connectivity index (χ0n) is 14.7. The van der Waals surface area contributed by atoms with Gasteiger partial charge in [0.15, 0.2) is 0 Å². The lowest BCUT2D eigenvalue weighted by Crippen LogP contribution is -2.40. The summed E-state index contributed by atoms with van der Waals surface area (Å²) in [6, 6.07) is 14.3. The third-order valence-electron chi connectivity index (χ3n) is 3.49. The first kappa shape index (κ1) is 19.0. The van der Waals surface area contributed by atoms with Crippen molar-refractivity contribution in [2.24, 2.45) is 0 Å². The number of benzene rings is 2. The molecule has 0 aliphatic heterocycles. The Morgan fingerprint density at radius 1 is 0.960 bits per heavy atom. The first-order valence-corrected chi connectivity index (χ1v) is 8.58. The summed E-state index contributed by atoms with van der Waals surface area (Å²) in [5.41, 5.74) is 1.72. The highest BCUT2D eigenvalue weighted by atomic mass is 35.5. The van der Waals surface area contributed by atoms with Gasteiger partial charge < -0.3 is 10.6 Å². The number of hydrogen-bond donors (Lipinski definition) is 2. The minimum atomic E-state index is -0.325. The molecule has 0 fully saturated rings. The van der Waals surface area contributed by atoms with E-state index in [4.69, 9.17) is 11.6 Å². The molecule has 0 saturated carbocycles. The molecule has 0 unspecified atom stereocenters. The van der Waals surface area contributed by atoms with Crippen LogP contribution in [0.15, 0.2) is 48.5 Å². The summed E-state index contributed by atoms with van der Waals surface area (Å²) >= 11 is 5.85. The average Bonchev–Trinajstić information content (AvgIpc) is 2.55. The summed E-state index contributed by atoms with van der Waals surface area (Å²) in [5, 5.41) is 6.45. The van der Waals surface area contributed by atoms with E-state index in [1.165, 1.54) is 0 Å². The number of carbonyl (C=O) groups excluding carboxylic acids is 2. The highest BCUT2D eigenvalue weighted by molar-refractivity contribution is 6.30. The zero-order valence-corrected chi connectivity index (χ0v) is 15.5. The van der Waals surface area contributed by atoms with Gasteiger partial charge in [0, 0.05) is 28.2 Å². The minimum Gasteiger partial charge on any atom is -0.352 e. The number of rotatable bonds is 5. The molecule has 0 heterocycles. The van der Waals surface area contributed by atoms with E-state index in [2.05, 4.69) is 10.6 Å². The summed E-state index contributed by atoms with van der Waals surface area (Å²) in [6.07, 6.45) is 0.715. The molecule has 2 amide bonds. The van der Waals surface area contributed by atoms with Crippen LogP contribution in [-0.4, -0.2) is 23.9 Å². The van der Waals surface area contributed by atoms with E-state index in [1.54, 1.807) is 24.3 Å². The van der Waals surface area contributed by atoms with Gasteiger partial charge >= 0.3 is 0 Å². The van der Waals surface area contributed by atoms with Crippen LogP contribution in [0.4, 0.5) is 0 Å². The Morgan fingerprint density at radius 2 is 1.56 bits per heavy atom. The van der Waals surface area contributed by atoms with Crippen molar-refractivity contribution in [1.29, 1.82) is 0 Å². The van der Waals surface area contributed by atoms with Gasteiger partial charge in [-0.15, -0.1) is 0 Å². The third-order valence-corrected chi connectivity index (χ3v) is 3.74. The van der Waals surface area contributed by atoms with Crippen LogP contribution in [0.3, 0.4) is 0 Å². The normalized spacial score (nSPS) is 11.0. The maximum absolute atomic E-state index is 12.3. The number of carbonyl (C=O) groups is 2. The largest absolute Gasteiger partial charge is 0.352 e. The quantitative estimate of drug-likeness (QED) is 0.853. The first-order chi connectivity index (χ1) is 11.7. The van der Waals surface area contributed by atoms with E-state index in [0.717, 1.165) is 5.56 Å². The lowest BCUT2D eigenvalue weighted by atomic mass is 10.1. The van der Waals surface area contributed by atoms with Crippen molar-refractivity contribution in [3.63, 3.8) is 0 Å². The lowest BCUT2D eigenvalue weighted by molar-refractivity contribution is 0.0919. The van der Waals surface area contributed by atoms with Crippen LogP contribution < -0.4 is 10.6 Å². The predicted octanol–water partition coefficient (Wildman–Crippen LogP) is 3.84. The molecule has 0 aliphatic carbocycles. The third kappa shape index (κ3) is 6.24. The highest BCUT2D eigenvalue weighted by Crippen LogP contribution is 2.10. The molecule has 0 radical (unpaired) electrons. The smallest absolute Gasteiger partial charge is 0.251 e. The van der Waals surface area contributed by atoms with Crippen LogP contribution in [0.5, 0.6) is 0 Å². The second-order valence-electron chi connectivity index (χ2n) is 6.92. The summed E-state index contributed by atoms with van der Waals surface area (Å²) in [7, 11) is 0. The van der Waals surface area contributed by atoms with E-state index < -0.39 is 0 Å². The average molecular weight is 359 g/mol. The standard InChI is InChI=1S/C20H23ClN2O2/c1-20(2,3)23-19(25)16-6-4-5-15(13-16)18(24)22-12-11-14-7-9-17(21)10-8-14/h4-10,13H,11-12H2,1-3H3,(H,22,24)(H,23,25). The summed E-state index contributed by atoms with van der Waals surface area (Å²) in [6.45, 7) is 6.26. The van der Waals surface area contributed by atoms with Crippen molar-refractivity contribution < 1.29 is 9.59 Å². The van der Waals surface area contributed by atoms with Gasteiger partial charge in [-0.25, -0.2) is 0 Å². The van der Waals surface area contributed by atoms with Gasteiger partial charge in [-0.1, -0.05) is 29.8 Å². The molecular formula is C20H23ClN2O2. The van der Waals surface area contributed by atoms with Crippen LogP contribution in [0.1, 0.15) is 47.1 Å². The van der Waals surface area contributed by atoms with Gasteiger partial charge in [-0.2, -0.15) is 0 Å². The summed E-state index contributed by atoms with van der Waals surface area (Å²) < 4.78 is 0. The Bertz CT molecular complexity index is 749. The van der Waals surface area contributed by atoms with Crippen LogP contribution in [0.25, 0.3) is 0 Å². The van der Waals surface area contributed by atoms with Crippen LogP contribution in [0.2, 0.25) is 5.02 Å². The number of nitrogens with one attached hydrogen (secondary N) is 2. The van der Waals surface area contributed by atoms with Crippen LogP contribution >= 0.6 is 11.6 Å². The Hall–Kier alpha value is -2.33. The second-order valence-corrected chi connectivity index (χ2v) is 7.35. The van der Waals surface area contributed by atoms with Gasteiger partial charge in [0.05, 0.1) is 0 Å². The first-order valence-electron chi connectivity index (χ1n) is 8.20. The van der Waals surface area contributed by atoms with Crippen LogP contribution in [-0.2, 0) is 6.42 Å². The van der Waals surface area contributed by atoms with Crippen LogP contribution in [0, 0.1) is 0 Å². The Balaban J connectivity index is 1.94. The SMILES string of the molecule is CC(C)(C)NC(=O)c1cccc(C(=O)NCCc2ccc(Cl)cc2)c1. The molecule has 0 bridgehead atoms. The molecule has 4 nitrogen and oxygen atoms in total. The maximum Gasteiger partial charge on any atom is 0.251 e. The molecule has 2 aromatic rings. The van der Waals surface area contributed by atoms with Gasteiger partial charge in [0.1, 0.15) is 0 Å². The Kier molecular flexibility index (Phi) is 6.21. The van der Waals surface area contributed by atoms with E-state index in [0.29, 0.717) is 29.1 Å². The Labute approximate surface area is 153 Å². The molecule has 2 rings (SSSR count). The van der Waals surface area contributed by atoms with Gasteiger partial charge in [0.2, 0.25) is 0 Å². The number of amides is 2. The van der Waals surface area contributed by atoms with E-state index in [1.807, 2.05) is 45.0 Å². The van der Waals surface area contributed by atoms with E-state index in [-0.39, 0.29) is 17.4 Å². The number of halogens is 1. The van der Waals surface area contributed by atoms with Crippen molar-refractivity contribution in [2.45, 2.75) is 32.7 Å². The van der Waals surface area contributed by atoms with E-state index in [9.17, 15) is 9.59 Å². The van der Waals surface area contributed by atoms with Crippen molar-refractivity contribution in [3.8, 4) is 0 Å². The Morgan fingerprint density at radius 3 is 2.16 bits per heavy atom. The molecule has 0 aromatic heterocycles. The molecule has 2 aromatic carbocycles. The molecule has 2 N–H and O–H groups in total.